The standard InChI is InChI=1S/C28H30N4O8/c1-33-21-13-9-10-14-22(34-2)27(39-7)19(31-14)20-28(40-8)24(36-4)16(32-20)12-11-15-23(35-3)26(38-6)18(30-15)17(29-13)25(21)37-5/h9-12,29-30H,1-8H3. The maximum Gasteiger partial charge on any atom is 0.191 e. The monoisotopic (exact) mass is 550 g/mol. The van der Waals surface area contributed by atoms with Crippen molar-refractivity contribution in [1.29, 1.82) is 0 Å². The summed E-state index contributed by atoms with van der Waals surface area (Å²) < 4.78 is 45.8. The number of hydrogen-bond acceptors (Lipinski definition) is 10. The molecule has 3 aromatic heterocycles. The Morgan fingerprint density at radius 3 is 1.07 bits per heavy atom. The number of aromatic nitrogens is 4. The number of H-pyrrole nitrogens is 2. The highest BCUT2D eigenvalue weighted by Crippen LogP contribution is 2.45. The molecule has 12 nitrogen and oxygen atoms in total. The van der Waals surface area contributed by atoms with Gasteiger partial charge in [0.15, 0.2) is 46.0 Å². The number of nitrogens with one attached hydrogen (secondary N) is 2. The lowest BCUT2D eigenvalue weighted by Crippen LogP contribution is -1.96. The van der Waals surface area contributed by atoms with E-state index in [1.807, 2.05) is 0 Å². The third-order valence-corrected chi connectivity index (χ3v) is 6.57. The number of nitrogens with zero attached hydrogens (tertiary/aromatic N) is 2. The zero-order chi connectivity index (χ0) is 28.6. The van der Waals surface area contributed by atoms with Gasteiger partial charge in [-0.1, -0.05) is 0 Å². The van der Waals surface area contributed by atoms with Crippen LogP contribution in [0.4, 0.5) is 0 Å². The Hall–Kier alpha value is -5.00. The van der Waals surface area contributed by atoms with Gasteiger partial charge >= 0.3 is 0 Å². The molecular formula is C28H30N4O8. The maximum absolute atomic E-state index is 5.76. The predicted molar refractivity (Wildman–Crippen MR) is 149 cm³/mol. The van der Waals surface area contributed by atoms with Crippen molar-refractivity contribution in [1.82, 2.24) is 19.9 Å². The van der Waals surface area contributed by atoms with Crippen LogP contribution in [0.2, 0.25) is 0 Å². The lowest BCUT2D eigenvalue weighted by atomic mass is 10.2. The van der Waals surface area contributed by atoms with E-state index >= 15 is 0 Å². The van der Waals surface area contributed by atoms with Crippen molar-refractivity contribution in [2.24, 2.45) is 0 Å². The molecule has 0 saturated heterocycles. The van der Waals surface area contributed by atoms with Crippen LogP contribution in [0.25, 0.3) is 45.1 Å². The van der Waals surface area contributed by atoms with E-state index in [0.717, 1.165) is 0 Å². The number of aromatic amines is 2. The Labute approximate surface area is 230 Å². The van der Waals surface area contributed by atoms with Gasteiger partial charge in [0.2, 0.25) is 0 Å². The minimum absolute atomic E-state index is 0.400. The van der Waals surface area contributed by atoms with Gasteiger partial charge in [0.05, 0.1) is 67.9 Å². The summed E-state index contributed by atoms with van der Waals surface area (Å²) in [5, 5.41) is 0. The zero-order valence-corrected chi connectivity index (χ0v) is 23.5. The number of ether oxygens (including phenoxy) is 8. The molecule has 0 spiro atoms. The van der Waals surface area contributed by atoms with Gasteiger partial charge in [-0.2, -0.15) is 0 Å². The van der Waals surface area contributed by atoms with Crippen molar-refractivity contribution < 1.29 is 37.9 Å². The van der Waals surface area contributed by atoms with E-state index in [-0.39, 0.29) is 0 Å². The van der Waals surface area contributed by atoms with Crippen LogP contribution >= 0.6 is 0 Å². The van der Waals surface area contributed by atoms with E-state index in [2.05, 4.69) is 9.97 Å². The predicted octanol–water partition coefficient (Wildman–Crippen LogP) is 4.59. The largest absolute Gasteiger partial charge is 0.491 e. The first kappa shape index (κ1) is 26.6. The minimum atomic E-state index is 0.400. The smallest absolute Gasteiger partial charge is 0.191 e. The van der Waals surface area contributed by atoms with E-state index in [1.54, 1.807) is 81.1 Å². The number of methoxy groups -OCH3 is 8. The van der Waals surface area contributed by atoms with Crippen molar-refractivity contribution >= 4 is 45.1 Å². The second kappa shape index (κ2) is 10.6. The number of fused-ring (bicyclic) bond motifs is 10. The zero-order valence-electron chi connectivity index (χ0n) is 23.5. The van der Waals surface area contributed by atoms with E-state index in [1.165, 1.54) is 0 Å². The van der Waals surface area contributed by atoms with Gasteiger partial charge in [-0.05, 0) is 24.3 Å². The second-order valence-corrected chi connectivity index (χ2v) is 8.45. The van der Waals surface area contributed by atoms with Crippen LogP contribution in [0.3, 0.4) is 0 Å². The lowest BCUT2D eigenvalue weighted by Gasteiger charge is -2.08. The van der Waals surface area contributed by atoms with Crippen molar-refractivity contribution in [2.45, 2.75) is 0 Å². The first-order valence-corrected chi connectivity index (χ1v) is 12.1. The molecule has 0 amide bonds. The van der Waals surface area contributed by atoms with Crippen molar-refractivity contribution in [2.75, 3.05) is 56.9 Å². The van der Waals surface area contributed by atoms with E-state index in [9.17, 15) is 0 Å². The molecule has 0 aromatic carbocycles. The van der Waals surface area contributed by atoms with Crippen LogP contribution < -0.4 is 18.9 Å². The summed E-state index contributed by atoms with van der Waals surface area (Å²) in [5.41, 5.74) is 4.28. The summed E-state index contributed by atoms with van der Waals surface area (Å²) in [6.45, 7) is 0. The fourth-order valence-corrected chi connectivity index (χ4v) is 4.89. The van der Waals surface area contributed by atoms with Crippen molar-refractivity contribution in [3.8, 4) is 23.0 Å². The highest BCUT2D eigenvalue weighted by Gasteiger charge is 2.32. The van der Waals surface area contributed by atoms with Crippen LogP contribution in [0.15, 0.2) is 24.3 Å². The highest BCUT2D eigenvalue weighted by molar-refractivity contribution is 5.98. The Bertz CT molecular complexity index is 1580. The van der Waals surface area contributed by atoms with Crippen LogP contribution in [0.5, 0.6) is 23.0 Å². The summed E-state index contributed by atoms with van der Waals surface area (Å²) >= 11 is 0. The van der Waals surface area contributed by atoms with Gasteiger partial charge in [-0.25, -0.2) is 9.97 Å². The van der Waals surface area contributed by atoms with Crippen LogP contribution in [-0.2, 0) is 18.9 Å². The normalized spacial score (nSPS) is 12.8. The first-order chi connectivity index (χ1) is 19.5. The summed E-state index contributed by atoms with van der Waals surface area (Å²) in [6, 6.07) is 7.17. The molecule has 3 aromatic rings. The van der Waals surface area contributed by atoms with Gasteiger partial charge in [0.1, 0.15) is 33.8 Å². The molecule has 0 unspecified atom stereocenters. The molecule has 2 aliphatic rings. The van der Waals surface area contributed by atoms with Gasteiger partial charge in [-0.15, -0.1) is 0 Å². The molecular weight excluding hydrogens is 520 g/mol. The maximum atomic E-state index is 5.76. The molecule has 0 fully saturated rings. The summed E-state index contributed by atoms with van der Waals surface area (Å²) in [5.74, 6) is 3.56. The average molecular weight is 551 g/mol. The van der Waals surface area contributed by atoms with E-state index in [4.69, 9.17) is 47.9 Å². The quantitative estimate of drug-likeness (QED) is 0.411. The van der Waals surface area contributed by atoms with Gasteiger partial charge in [0, 0.05) is 0 Å². The molecule has 5 heterocycles. The Morgan fingerprint density at radius 1 is 0.425 bits per heavy atom. The van der Waals surface area contributed by atoms with Crippen LogP contribution in [-0.4, -0.2) is 76.8 Å². The molecule has 5 rings (SSSR count). The SMILES string of the molecule is COC1=C(OC)c2nc1ccc1[nH]c(c(OC)c1OC)c1[nH]c(ccc3nc2C(OC)=C3OC)c(OC)c1OC. The third kappa shape index (κ3) is 3.91. The second-order valence-electron chi connectivity index (χ2n) is 8.45. The molecule has 40 heavy (non-hydrogen) atoms. The van der Waals surface area contributed by atoms with Gasteiger partial charge in [-0.3, -0.25) is 0 Å². The summed E-state index contributed by atoms with van der Waals surface area (Å²) in [7, 11) is 12.4. The Kier molecular flexibility index (Phi) is 7.07. The van der Waals surface area contributed by atoms with Crippen LogP contribution in [0.1, 0.15) is 22.8 Å². The van der Waals surface area contributed by atoms with Gasteiger partial charge < -0.3 is 47.9 Å². The third-order valence-electron chi connectivity index (χ3n) is 6.57. The average Bonchev–Trinajstić information content (AvgIpc) is 3.71. The molecule has 12 heteroatoms. The van der Waals surface area contributed by atoms with E-state index in [0.29, 0.717) is 90.9 Å². The van der Waals surface area contributed by atoms with E-state index < -0.39 is 0 Å². The Balaban J connectivity index is 2.03. The fraction of sp³-hybridized carbons (Fsp3) is 0.286. The molecule has 0 atom stereocenters. The summed E-state index contributed by atoms with van der Waals surface area (Å²) in [6.07, 6.45) is 0. The van der Waals surface area contributed by atoms with Crippen LogP contribution in [0, 0.1) is 0 Å². The molecule has 0 saturated carbocycles. The number of rotatable bonds is 8. The molecule has 210 valence electrons. The minimum Gasteiger partial charge on any atom is -0.491 e. The molecule has 2 N–H and O–H groups in total. The molecule has 0 aliphatic carbocycles. The lowest BCUT2D eigenvalue weighted by molar-refractivity contribution is 0.327. The molecule has 2 aliphatic heterocycles. The molecule has 8 bridgehead atoms. The molecule has 0 radical (unpaired) electrons. The van der Waals surface area contributed by atoms with Gasteiger partial charge in [0.25, 0.3) is 0 Å². The van der Waals surface area contributed by atoms with Crippen molar-refractivity contribution in [3.63, 3.8) is 0 Å². The highest BCUT2D eigenvalue weighted by atomic mass is 16.5. The topological polar surface area (TPSA) is 131 Å². The fourth-order valence-electron chi connectivity index (χ4n) is 4.89. The number of hydrogen-bond donors (Lipinski definition) is 2. The van der Waals surface area contributed by atoms with Crippen molar-refractivity contribution in [3.05, 3.63) is 47.0 Å². The summed E-state index contributed by atoms with van der Waals surface area (Å²) in [4.78, 5) is 16.4. The first-order valence-electron chi connectivity index (χ1n) is 12.1. The Morgan fingerprint density at radius 2 is 0.775 bits per heavy atom.